The first kappa shape index (κ1) is 14.5. The zero-order valence-electron chi connectivity index (χ0n) is 12.2. The summed E-state index contributed by atoms with van der Waals surface area (Å²) < 4.78 is 0. The molecule has 7 nitrogen and oxygen atoms in total. The third-order valence-corrected chi connectivity index (χ3v) is 4.17. The summed E-state index contributed by atoms with van der Waals surface area (Å²) in [5, 5.41) is 14.8. The molecule has 22 heavy (non-hydrogen) atoms. The predicted octanol–water partition coefficient (Wildman–Crippen LogP) is 2.97. The molecule has 0 aliphatic heterocycles. The van der Waals surface area contributed by atoms with Crippen molar-refractivity contribution in [1.29, 1.82) is 0 Å². The second-order valence-electron chi connectivity index (χ2n) is 5.71. The zero-order chi connectivity index (χ0) is 15.5. The van der Waals surface area contributed by atoms with E-state index >= 15 is 0 Å². The van der Waals surface area contributed by atoms with Gasteiger partial charge in [-0.3, -0.25) is 14.9 Å². The highest BCUT2D eigenvalue weighted by Gasteiger charge is 2.20. The van der Waals surface area contributed by atoms with Gasteiger partial charge in [-0.2, -0.15) is 0 Å². The number of aromatic amines is 1. The van der Waals surface area contributed by atoms with Crippen molar-refractivity contribution in [2.45, 2.75) is 44.6 Å². The molecule has 3 rings (SSSR count). The molecule has 1 aliphatic carbocycles. The molecular formula is C15H18N4O3. The number of fused-ring (bicyclic) bond motifs is 1. The van der Waals surface area contributed by atoms with Crippen molar-refractivity contribution in [3.8, 4) is 0 Å². The first-order valence-corrected chi connectivity index (χ1v) is 7.57. The van der Waals surface area contributed by atoms with E-state index < -0.39 is 4.92 Å². The Morgan fingerprint density at radius 2 is 1.95 bits per heavy atom. The highest BCUT2D eigenvalue weighted by molar-refractivity contribution is 5.86. The summed E-state index contributed by atoms with van der Waals surface area (Å²) in [6.07, 6.45) is 8.04. The van der Waals surface area contributed by atoms with Crippen molar-refractivity contribution in [1.82, 2.24) is 9.97 Å². The Bertz CT molecular complexity index is 748. The van der Waals surface area contributed by atoms with Crippen LogP contribution in [0.4, 0.5) is 11.4 Å². The first-order chi connectivity index (χ1) is 10.6. The summed E-state index contributed by atoms with van der Waals surface area (Å²) in [4.78, 5) is 29.2. The molecule has 1 fully saturated rings. The summed E-state index contributed by atoms with van der Waals surface area (Å²) >= 11 is 0. The largest absolute Gasteiger partial charge is 0.377 e. The van der Waals surface area contributed by atoms with Gasteiger partial charge in [0, 0.05) is 12.1 Å². The van der Waals surface area contributed by atoms with Gasteiger partial charge in [-0.1, -0.05) is 25.7 Å². The lowest BCUT2D eigenvalue weighted by molar-refractivity contribution is -0.383. The molecule has 1 aromatic heterocycles. The quantitative estimate of drug-likeness (QED) is 0.515. The lowest BCUT2D eigenvalue weighted by Gasteiger charge is -2.17. The third-order valence-electron chi connectivity index (χ3n) is 4.17. The van der Waals surface area contributed by atoms with Crippen LogP contribution in [-0.4, -0.2) is 20.9 Å². The Balaban J connectivity index is 2.01. The van der Waals surface area contributed by atoms with E-state index in [2.05, 4.69) is 15.3 Å². The molecule has 116 valence electrons. The van der Waals surface area contributed by atoms with Crippen LogP contribution in [0.5, 0.6) is 0 Å². The van der Waals surface area contributed by atoms with Crippen molar-refractivity contribution in [2.75, 3.05) is 5.32 Å². The predicted molar refractivity (Wildman–Crippen MR) is 84.1 cm³/mol. The maximum Gasteiger partial charge on any atom is 0.293 e. The number of rotatable bonds is 3. The van der Waals surface area contributed by atoms with Crippen LogP contribution >= 0.6 is 0 Å². The number of anilines is 1. The highest BCUT2D eigenvalue weighted by atomic mass is 16.6. The molecule has 0 amide bonds. The Labute approximate surface area is 126 Å². The Morgan fingerprint density at radius 3 is 2.64 bits per heavy atom. The maximum absolute atomic E-state index is 11.8. The number of nitro groups is 1. The summed E-state index contributed by atoms with van der Waals surface area (Å²) in [7, 11) is 0. The smallest absolute Gasteiger partial charge is 0.293 e. The molecule has 1 saturated carbocycles. The number of nitrogens with zero attached hydrogens (tertiary/aromatic N) is 2. The van der Waals surface area contributed by atoms with Crippen molar-refractivity contribution in [2.24, 2.45) is 0 Å². The summed E-state index contributed by atoms with van der Waals surface area (Å²) in [5.74, 6) is 0. The van der Waals surface area contributed by atoms with Crippen molar-refractivity contribution in [3.63, 3.8) is 0 Å². The fourth-order valence-electron chi connectivity index (χ4n) is 3.01. The lowest BCUT2D eigenvalue weighted by atomic mass is 10.1. The minimum absolute atomic E-state index is 0.0738. The maximum atomic E-state index is 11.8. The van der Waals surface area contributed by atoms with Crippen LogP contribution in [0.3, 0.4) is 0 Å². The molecule has 2 N–H and O–H groups in total. The Morgan fingerprint density at radius 1 is 1.23 bits per heavy atom. The van der Waals surface area contributed by atoms with Crippen LogP contribution in [0.15, 0.2) is 23.3 Å². The van der Waals surface area contributed by atoms with E-state index in [1.807, 2.05) is 0 Å². The number of benzene rings is 1. The molecule has 0 spiro atoms. The molecule has 0 unspecified atom stereocenters. The van der Waals surface area contributed by atoms with Crippen LogP contribution in [0.2, 0.25) is 0 Å². The topological polar surface area (TPSA) is 101 Å². The third kappa shape index (κ3) is 2.93. The number of hydrogen-bond donors (Lipinski definition) is 2. The number of nitro benzene ring substituents is 1. The van der Waals surface area contributed by atoms with E-state index in [1.54, 1.807) is 6.07 Å². The van der Waals surface area contributed by atoms with E-state index in [0.717, 1.165) is 25.7 Å². The van der Waals surface area contributed by atoms with Gasteiger partial charge in [0.15, 0.2) is 0 Å². The fraction of sp³-hybridized carbons (Fsp3) is 0.467. The van der Waals surface area contributed by atoms with Crippen molar-refractivity contribution >= 4 is 22.3 Å². The van der Waals surface area contributed by atoms with Crippen LogP contribution in [0.25, 0.3) is 10.9 Å². The lowest BCUT2D eigenvalue weighted by Crippen LogP contribution is -2.19. The van der Waals surface area contributed by atoms with Gasteiger partial charge in [0.05, 0.1) is 22.2 Å². The average molecular weight is 302 g/mol. The van der Waals surface area contributed by atoms with Gasteiger partial charge in [0.2, 0.25) is 0 Å². The van der Waals surface area contributed by atoms with Gasteiger partial charge in [-0.15, -0.1) is 0 Å². The van der Waals surface area contributed by atoms with Crippen molar-refractivity contribution in [3.05, 3.63) is 38.9 Å². The van der Waals surface area contributed by atoms with Gasteiger partial charge in [0.1, 0.15) is 5.69 Å². The minimum Gasteiger partial charge on any atom is -0.377 e. The molecule has 1 aromatic carbocycles. The molecular weight excluding hydrogens is 284 g/mol. The standard InChI is InChI=1S/C15H18N4O3/c20-15-11-7-14(19(21)22)13(8-12(11)16-9-17-15)18-10-5-3-1-2-4-6-10/h7-10,18H,1-6H2,(H,16,17,20). The van der Waals surface area contributed by atoms with E-state index in [0.29, 0.717) is 11.2 Å². The van der Waals surface area contributed by atoms with Crippen LogP contribution in [0.1, 0.15) is 38.5 Å². The van der Waals surface area contributed by atoms with Gasteiger partial charge in [-0.25, -0.2) is 4.98 Å². The molecule has 0 saturated heterocycles. The zero-order valence-corrected chi connectivity index (χ0v) is 12.2. The van der Waals surface area contributed by atoms with Crippen molar-refractivity contribution < 1.29 is 4.92 Å². The van der Waals surface area contributed by atoms with Crippen LogP contribution < -0.4 is 10.9 Å². The first-order valence-electron chi connectivity index (χ1n) is 7.57. The van der Waals surface area contributed by atoms with E-state index in [-0.39, 0.29) is 22.7 Å². The van der Waals surface area contributed by atoms with Gasteiger partial charge in [0.25, 0.3) is 11.2 Å². The molecule has 1 heterocycles. The van der Waals surface area contributed by atoms with Crippen LogP contribution in [-0.2, 0) is 0 Å². The molecule has 7 heteroatoms. The number of aromatic nitrogens is 2. The summed E-state index contributed by atoms with van der Waals surface area (Å²) in [6, 6.07) is 3.15. The average Bonchev–Trinajstić information content (AvgIpc) is 2.75. The SMILES string of the molecule is O=c1[nH]cnc2cc(NC3CCCCCC3)c([N+](=O)[O-])cc12. The second kappa shape index (κ2) is 6.13. The summed E-state index contributed by atoms with van der Waals surface area (Å²) in [6.45, 7) is 0. The highest BCUT2D eigenvalue weighted by Crippen LogP contribution is 2.30. The normalized spacial score (nSPS) is 16.4. The van der Waals surface area contributed by atoms with Gasteiger partial charge < -0.3 is 10.3 Å². The number of H-pyrrole nitrogens is 1. The number of hydrogen-bond acceptors (Lipinski definition) is 5. The molecule has 2 aromatic rings. The van der Waals surface area contributed by atoms with E-state index in [9.17, 15) is 14.9 Å². The minimum atomic E-state index is -0.453. The molecule has 0 atom stereocenters. The Hall–Kier alpha value is -2.44. The summed E-state index contributed by atoms with van der Waals surface area (Å²) in [5.41, 5.74) is 0.470. The molecule has 0 radical (unpaired) electrons. The Kier molecular flexibility index (Phi) is 4.04. The fourth-order valence-corrected chi connectivity index (χ4v) is 3.01. The van der Waals surface area contributed by atoms with Gasteiger partial charge >= 0.3 is 0 Å². The van der Waals surface area contributed by atoms with Gasteiger partial charge in [-0.05, 0) is 18.9 Å². The molecule has 1 aliphatic rings. The molecule has 0 bridgehead atoms. The van der Waals surface area contributed by atoms with E-state index in [4.69, 9.17) is 0 Å². The monoisotopic (exact) mass is 302 g/mol. The van der Waals surface area contributed by atoms with Crippen LogP contribution in [0, 0.1) is 10.1 Å². The number of nitrogens with one attached hydrogen (secondary N) is 2. The second-order valence-corrected chi connectivity index (χ2v) is 5.71. The van der Waals surface area contributed by atoms with E-state index in [1.165, 1.54) is 25.2 Å².